The van der Waals surface area contributed by atoms with Gasteiger partial charge in [-0.15, -0.1) is 0 Å². The zero-order valence-corrected chi connectivity index (χ0v) is 21.1. The highest BCUT2D eigenvalue weighted by Gasteiger charge is 2.30. The van der Waals surface area contributed by atoms with Crippen molar-refractivity contribution in [3.05, 3.63) is 0 Å². The second kappa shape index (κ2) is 18.6. The monoisotopic (exact) mass is 414 g/mol. The Morgan fingerprint density at radius 1 is 0.517 bits per heavy atom. The summed E-state index contributed by atoms with van der Waals surface area (Å²) < 4.78 is 19.0. The molecule has 0 aliphatic carbocycles. The highest BCUT2D eigenvalue weighted by Crippen LogP contribution is 2.25. The summed E-state index contributed by atoms with van der Waals surface area (Å²) >= 11 is 0. The van der Waals surface area contributed by atoms with E-state index in [1.807, 2.05) is 6.92 Å². The van der Waals surface area contributed by atoms with E-state index in [0.717, 1.165) is 39.1 Å². The van der Waals surface area contributed by atoms with Crippen LogP contribution in [0.3, 0.4) is 0 Å². The molecule has 3 atom stereocenters. The number of rotatable bonds is 21. The summed E-state index contributed by atoms with van der Waals surface area (Å²) in [6, 6.07) is 0. The molecule has 0 aromatic carbocycles. The van der Waals surface area contributed by atoms with Crippen LogP contribution in [0, 0.1) is 17.8 Å². The average Bonchev–Trinajstić information content (AvgIpc) is 2.74. The third kappa shape index (κ3) is 14.5. The van der Waals surface area contributed by atoms with E-state index in [4.69, 9.17) is 14.2 Å². The van der Waals surface area contributed by atoms with Crippen LogP contribution in [0.1, 0.15) is 126 Å². The van der Waals surface area contributed by atoms with Gasteiger partial charge in [-0.1, -0.05) is 99.3 Å². The first kappa shape index (κ1) is 28.9. The SMILES string of the molecule is CCCCC(CC)COC(C)(OCC(CC)CCCC)OCC(CC)CCCC. The molecule has 0 rings (SSSR count). The molecule has 0 amide bonds. The molecule has 0 spiro atoms. The fourth-order valence-corrected chi connectivity index (χ4v) is 3.63. The van der Waals surface area contributed by atoms with Gasteiger partial charge in [-0.2, -0.15) is 0 Å². The Morgan fingerprint density at radius 3 is 1.00 bits per heavy atom. The summed E-state index contributed by atoms with van der Waals surface area (Å²) in [5.74, 6) is 0.848. The van der Waals surface area contributed by atoms with Crippen LogP contribution in [0.15, 0.2) is 0 Å². The quantitative estimate of drug-likeness (QED) is 0.177. The summed E-state index contributed by atoms with van der Waals surface area (Å²) in [7, 11) is 0. The lowest BCUT2D eigenvalue weighted by Gasteiger charge is -2.34. The van der Waals surface area contributed by atoms with Crippen LogP contribution >= 0.6 is 0 Å². The molecule has 0 aromatic heterocycles. The lowest BCUT2D eigenvalue weighted by molar-refractivity contribution is -0.378. The van der Waals surface area contributed by atoms with E-state index in [9.17, 15) is 0 Å². The molecule has 0 heterocycles. The van der Waals surface area contributed by atoms with E-state index >= 15 is 0 Å². The van der Waals surface area contributed by atoms with Gasteiger partial charge in [0.05, 0.1) is 19.8 Å². The van der Waals surface area contributed by atoms with Gasteiger partial charge in [-0.3, -0.25) is 0 Å². The molecule has 0 radical (unpaired) electrons. The highest BCUT2D eigenvalue weighted by atomic mass is 16.9. The van der Waals surface area contributed by atoms with Crippen molar-refractivity contribution in [1.29, 1.82) is 0 Å². The zero-order chi connectivity index (χ0) is 22.0. The Kier molecular flexibility index (Phi) is 18.6. The molecule has 0 saturated heterocycles. The van der Waals surface area contributed by atoms with Gasteiger partial charge in [0.25, 0.3) is 5.97 Å². The van der Waals surface area contributed by atoms with Gasteiger partial charge in [-0.25, -0.2) is 0 Å². The van der Waals surface area contributed by atoms with Gasteiger partial charge in [-0.05, 0) is 37.0 Å². The molecule has 29 heavy (non-hydrogen) atoms. The van der Waals surface area contributed by atoms with E-state index < -0.39 is 5.97 Å². The van der Waals surface area contributed by atoms with Crippen LogP contribution in [0.25, 0.3) is 0 Å². The van der Waals surface area contributed by atoms with Gasteiger partial charge >= 0.3 is 0 Å². The topological polar surface area (TPSA) is 27.7 Å². The third-order valence-corrected chi connectivity index (χ3v) is 6.37. The summed E-state index contributed by atoms with van der Waals surface area (Å²) in [6.07, 6.45) is 14.7. The Balaban J connectivity index is 4.88. The lowest BCUT2D eigenvalue weighted by Crippen LogP contribution is -2.40. The van der Waals surface area contributed by atoms with E-state index in [1.54, 1.807) is 0 Å². The molecular weight excluding hydrogens is 360 g/mol. The van der Waals surface area contributed by atoms with Crippen LogP contribution in [0.5, 0.6) is 0 Å². The second-order valence-electron chi connectivity index (χ2n) is 9.04. The van der Waals surface area contributed by atoms with Crippen molar-refractivity contribution in [1.82, 2.24) is 0 Å². The molecule has 176 valence electrons. The van der Waals surface area contributed by atoms with E-state index in [-0.39, 0.29) is 0 Å². The molecule has 0 saturated carbocycles. The van der Waals surface area contributed by atoms with Gasteiger partial charge in [0.2, 0.25) is 0 Å². The van der Waals surface area contributed by atoms with Gasteiger partial charge in [0.15, 0.2) is 0 Å². The molecule has 0 N–H and O–H groups in total. The van der Waals surface area contributed by atoms with Crippen LogP contribution < -0.4 is 0 Å². The number of ether oxygens (including phenoxy) is 3. The van der Waals surface area contributed by atoms with Crippen molar-refractivity contribution in [3.63, 3.8) is 0 Å². The highest BCUT2D eigenvalue weighted by molar-refractivity contribution is 4.63. The first-order chi connectivity index (χ1) is 14.0. The summed E-state index contributed by atoms with van der Waals surface area (Å²) in [4.78, 5) is 0. The van der Waals surface area contributed by atoms with Crippen LogP contribution in [0.2, 0.25) is 0 Å². The molecule has 0 aromatic rings. The zero-order valence-electron chi connectivity index (χ0n) is 21.1. The van der Waals surface area contributed by atoms with Crippen molar-refractivity contribution in [2.24, 2.45) is 17.8 Å². The maximum absolute atomic E-state index is 6.33. The van der Waals surface area contributed by atoms with Gasteiger partial charge in [0.1, 0.15) is 0 Å². The predicted octanol–water partition coefficient (Wildman–Crippen LogP) is 8.36. The van der Waals surface area contributed by atoms with E-state index in [1.165, 1.54) is 57.8 Å². The third-order valence-electron chi connectivity index (χ3n) is 6.37. The molecule has 3 heteroatoms. The van der Waals surface area contributed by atoms with Crippen molar-refractivity contribution in [3.8, 4) is 0 Å². The molecule has 0 bridgehead atoms. The fraction of sp³-hybridized carbons (Fsp3) is 1.00. The summed E-state index contributed by atoms with van der Waals surface area (Å²) in [5.41, 5.74) is 0. The standard InChI is InChI=1S/C26H54O3/c1-8-14-17-23(11-4)20-27-26(7,28-21-24(12-5)18-15-9-2)29-22-25(13-6)19-16-10-3/h23-25H,8-22H2,1-7H3. The maximum Gasteiger partial charge on any atom is 0.279 e. The minimum Gasteiger partial charge on any atom is -0.327 e. The largest absolute Gasteiger partial charge is 0.327 e. The van der Waals surface area contributed by atoms with Crippen molar-refractivity contribution < 1.29 is 14.2 Å². The Morgan fingerprint density at radius 2 is 0.793 bits per heavy atom. The molecular formula is C26H54O3. The molecule has 3 nitrogen and oxygen atoms in total. The van der Waals surface area contributed by atoms with Gasteiger partial charge < -0.3 is 14.2 Å². The smallest absolute Gasteiger partial charge is 0.279 e. The second-order valence-corrected chi connectivity index (χ2v) is 9.04. The van der Waals surface area contributed by atoms with Crippen molar-refractivity contribution in [2.45, 2.75) is 131 Å². The first-order valence-corrected chi connectivity index (χ1v) is 12.9. The summed E-state index contributed by atoms with van der Waals surface area (Å²) in [5, 5.41) is 0. The lowest BCUT2D eigenvalue weighted by atomic mass is 10.00. The normalized spacial score (nSPS) is 17.1. The predicted molar refractivity (Wildman–Crippen MR) is 126 cm³/mol. The van der Waals surface area contributed by atoms with Crippen molar-refractivity contribution >= 4 is 0 Å². The first-order valence-electron chi connectivity index (χ1n) is 12.9. The van der Waals surface area contributed by atoms with Crippen molar-refractivity contribution in [2.75, 3.05) is 19.8 Å². The minimum absolute atomic E-state index is 0.589. The van der Waals surface area contributed by atoms with Crippen LogP contribution in [0.4, 0.5) is 0 Å². The van der Waals surface area contributed by atoms with Gasteiger partial charge in [0, 0.05) is 6.92 Å². The molecule has 0 fully saturated rings. The Hall–Kier alpha value is -0.120. The number of hydrogen-bond donors (Lipinski definition) is 0. The number of unbranched alkanes of at least 4 members (excludes halogenated alkanes) is 3. The maximum atomic E-state index is 6.33. The van der Waals surface area contributed by atoms with E-state index in [2.05, 4.69) is 41.5 Å². The van der Waals surface area contributed by atoms with Crippen LogP contribution in [-0.4, -0.2) is 25.8 Å². The van der Waals surface area contributed by atoms with Crippen LogP contribution in [-0.2, 0) is 14.2 Å². The average molecular weight is 415 g/mol. The van der Waals surface area contributed by atoms with E-state index in [0.29, 0.717) is 17.8 Å². The molecule has 3 unspecified atom stereocenters. The minimum atomic E-state index is -0.918. The molecule has 0 aliphatic rings. The Bertz CT molecular complexity index is 295. The molecule has 0 aliphatic heterocycles. The summed E-state index contributed by atoms with van der Waals surface area (Å²) in [6.45, 7) is 17.7. The fourth-order valence-electron chi connectivity index (χ4n) is 3.63. The Labute approximate surface area is 183 Å². The number of hydrogen-bond acceptors (Lipinski definition) is 3.